The number of anilines is 2. The third kappa shape index (κ3) is 6.46. The Morgan fingerprint density at radius 1 is 0.659 bits per heavy atom. The standard InChI is InChI=1S/C32H30N4O8/c1-17-5-3-7-25(33-17)35-27(31-29(41)23(39)13-21(15-37)43-31)19-9-11-20(12-10-19)28(36-26-8-4-6-18(2)34-26)32-30(42)24(40)14-22(16-38)44-32/h3-14,27-28,37-38,41-42H,15-16H2,1-2H3,(H,33,35)(H,34,36). The lowest BCUT2D eigenvalue weighted by atomic mass is 9.97. The highest BCUT2D eigenvalue weighted by Gasteiger charge is 2.27. The molecule has 0 saturated heterocycles. The predicted molar refractivity (Wildman–Crippen MR) is 160 cm³/mol. The Labute approximate surface area is 250 Å². The summed E-state index contributed by atoms with van der Waals surface area (Å²) in [5.41, 5.74) is 1.08. The van der Waals surface area contributed by atoms with Gasteiger partial charge in [0.1, 0.15) is 48.5 Å². The van der Waals surface area contributed by atoms with E-state index in [-0.39, 0.29) is 23.0 Å². The van der Waals surface area contributed by atoms with Crippen LogP contribution in [0.25, 0.3) is 0 Å². The molecule has 2 unspecified atom stereocenters. The highest BCUT2D eigenvalue weighted by molar-refractivity contribution is 5.49. The summed E-state index contributed by atoms with van der Waals surface area (Å²) in [5, 5.41) is 47.1. The van der Waals surface area contributed by atoms with Crippen LogP contribution in [-0.4, -0.2) is 30.4 Å². The van der Waals surface area contributed by atoms with Crippen molar-refractivity contribution in [2.24, 2.45) is 0 Å². The van der Waals surface area contributed by atoms with Crippen LogP contribution in [0.5, 0.6) is 11.5 Å². The Hall–Kier alpha value is -5.46. The number of aromatic nitrogens is 2. The minimum absolute atomic E-state index is 0.0346. The topological polar surface area (TPSA) is 191 Å². The smallest absolute Gasteiger partial charge is 0.227 e. The maximum absolute atomic E-state index is 12.5. The second kappa shape index (κ2) is 12.8. The van der Waals surface area contributed by atoms with E-state index in [2.05, 4.69) is 20.6 Å². The van der Waals surface area contributed by atoms with Gasteiger partial charge in [-0.25, -0.2) is 9.97 Å². The molecule has 0 spiro atoms. The Morgan fingerprint density at radius 3 is 1.39 bits per heavy atom. The molecule has 0 aliphatic rings. The fourth-order valence-electron chi connectivity index (χ4n) is 4.68. The van der Waals surface area contributed by atoms with Gasteiger partial charge in [0.25, 0.3) is 0 Å². The van der Waals surface area contributed by atoms with Crippen LogP contribution in [0.15, 0.2) is 91.2 Å². The highest BCUT2D eigenvalue weighted by atomic mass is 16.4. The minimum atomic E-state index is -0.925. The molecule has 0 fully saturated rings. The van der Waals surface area contributed by atoms with Gasteiger partial charge in [-0.1, -0.05) is 36.4 Å². The summed E-state index contributed by atoms with van der Waals surface area (Å²) in [6, 6.07) is 17.6. The van der Waals surface area contributed by atoms with Crippen LogP contribution < -0.4 is 21.5 Å². The second-order valence-corrected chi connectivity index (χ2v) is 10.0. The van der Waals surface area contributed by atoms with Crippen LogP contribution >= 0.6 is 0 Å². The average molecular weight is 599 g/mol. The number of hydrogen-bond donors (Lipinski definition) is 6. The molecule has 0 saturated carbocycles. The number of nitrogens with one attached hydrogen (secondary N) is 2. The lowest BCUT2D eigenvalue weighted by Crippen LogP contribution is -2.19. The first kappa shape index (κ1) is 30.0. The maximum atomic E-state index is 12.5. The number of nitrogens with zero attached hydrogens (tertiary/aromatic N) is 2. The van der Waals surface area contributed by atoms with E-state index >= 15 is 0 Å². The van der Waals surface area contributed by atoms with Gasteiger partial charge in [-0.3, -0.25) is 9.59 Å². The van der Waals surface area contributed by atoms with Crippen molar-refractivity contribution < 1.29 is 29.3 Å². The third-order valence-electron chi connectivity index (χ3n) is 6.80. The molecule has 0 aliphatic heterocycles. The average Bonchev–Trinajstić information content (AvgIpc) is 3.02. The van der Waals surface area contributed by atoms with E-state index < -0.39 is 47.7 Å². The molecule has 6 N–H and O–H groups in total. The van der Waals surface area contributed by atoms with Crippen molar-refractivity contribution >= 4 is 11.6 Å². The Kier molecular flexibility index (Phi) is 8.74. The quantitative estimate of drug-likeness (QED) is 0.136. The van der Waals surface area contributed by atoms with Crippen molar-refractivity contribution in [2.75, 3.05) is 10.6 Å². The van der Waals surface area contributed by atoms with Crippen molar-refractivity contribution in [1.82, 2.24) is 9.97 Å². The molecule has 4 heterocycles. The van der Waals surface area contributed by atoms with E-state index in [9.17, 15) is 30.0 Å². The number of pyridine rings is 2. The summed E-state index contributed by atoms with van der Waals surface area (Å²) in [6.45, 7) is 2.52. The second-order valence-electron chi connectivity index (χ2n) is 10.0. The number of aliphatic hydroxyl groups is 2. The predicted octanol–water partition coefficient (Wildman–Crippen LogP) is 3.80. The highest BCUT2D eigenvalue weighted by Crippen LogP contribution is 2.35. The van der Waals surface area contributed by atoms with Crippen molar-refractivity contribution in [2.45, 2.75) is 39.1 Å². The zero-order chi connectivity index (χ0) is 31.4. The number of rotatable bonds is 10. The number of hydrogen-bond acceptors (Lipinski definition) is 12. The summed E-state index contributed by atoms with van der Waals surface area (Å²) >= 11 is 0. The molecule has 0 bridgehead atoms. The van der Waals surface area contributed by atoms with Crippen molar-refractivity contribution in [3.8, 4) is 11.5 Å². The van der Waals surface area contributed by atoms with Gasteiger partial charge in [0.15, 0.2) is 11.5 Å². The molecule has 2 atom stereocenters. The summed E-state index contributed by atoms with van der Waals surface area (Å²) in [7, 11) is 0. The van der Waals surface area contributed by atoms with Gasteiger partial charge in [0, 0.05) is 23.5 Å². The van der Waals surface area contributed by atoms with Gasteiger partial charge < -0.3 is 39.9 Å². The molecular formula is C32H30N4O8. The molecule has 226 valence electrons. The number of aliphatic hydroxyl groups excluding tert-OH is 2. The molecule has 12 nitrogen and oxygen atoms in total. The Balaban J connectivity index is 1.62. The summed E-state index contributed by atoms with van der Waals surface area (Å²) in [5.74, 6) is -0.712. The van der Waals surface area contributed by atoms with Gasteiger partial charge in [-0.05, 0) is 49.2 Å². The van der Waals surface area contributed by atoms with Gasteiger partial charge in [0.2, 0.25) is 22.4 Å². The normalized spacial score (nSPS) is 12.5. The molecule has 44 heavy (non-hydrogen) atoms. The maximum Gasteiger partial charge on any atom is 0.227 e. The van der Waals surface area contributed by atoms with Gasteiger partial charge in [-0.15, -0.1) is 0 Å². The van der Waals surface area contributed by atoms with Crippen LogP contribution in [0.3, 0.4) is 0 Å². The van der Waals surface area contributed by atoms with E-state index in [0.29, 0.717) is 22.8 Å². The van der Waals surface area contributed by atoms with Crippen LogP contribution in [0.2, 0.25) is 0 Å². The molecule has 12 heteroatoms. The first-order valence-corrected chi connectivity index (χ1v) is 13.6. The van der Waals surface area contributed by atoms with Crippen LogP contribution in [0.1, 0.15) is 57.6 Å². The first-order chi connectivity index (χ1) is 21.2. The first-order valence-electron chi connectivity index (χ1n) is 13.6. The molecule has 4 aromatic heterocycles. The molecule has 0 aliphatic carbocycles. The largest absolute Gasteiger partial charge is 0.502 e. The van der Waals surface area contributed by atoms with E-state index in [1.54, 1.807) is 48.5 Å². The van der Waals surface area contributed by atoms with Crippen LogP contribution in [0.4, 0.5) is 11.6 Å². The fraction of sp³-hybridized carbons (Fsp3) is 0.188. The fourth-order valence-corrected chi connectivity index (χ4v) is 4.68. The molecular weight excluding hydrogens is 568 g/mol. The van der Waals surface area contributed by atoms with E-state index in [0.717, 1.165) is 23.5 Å². The SMILES string of the molecule is Cc1cccc(NC(c2ccc(C(Nc3cccc(C)n3)c3oc(CO)cc(=O)c3O)cc2)c2oc(CO)cc(=O)c2O)n1. The van der Waals surface area contributed by atoms with E-state index in [4.69, 9.17) is 8.83 Å². The molecule has 0 radical (unpaired) electrons. The van der Waals surface area contributed by atoms with Crippen molar-refractivity contribution in [3.63, 3.8) is 0 Å². The van der Waals surface area contributed by atoms with E-state index in [1.807, 2.05) is 26.0 Å². The number of aromatic hydroxyl groups is 2. The van der Waals surface area contributed by atoms with Crippen molar-refractivity contribution in [1.29, 1.82) is 0 Å². The lowest BCUT2D eigenvalue weighted by Gasteiger charge is -2.23. The minimum Gasteiger partial charge on any atom is -0.502 e. The monoisotopic (exact) mass is 598 g/mol. The number of aryl methyl sites for hydroxylation is 2. The lowest BCUT2D eigenvalue weighted by molar-refractivity contribution is 0.234. The Morgan fingerprint density at radius 2 is 1.05 bits per heavy atom. The summed E-state index contributed by atoms with van der Waals surface area (Å²) in [4.78, 5) is 34.0. The van der Waals surface area contributed by atoms with Gasteiger partial charge >= 0.3 is 0 Å². The molecule has 0 amide bonds. The van der Waals surface area contributed by atoms with Gasteiger partial charge in [-0.2, -0.15) is 0 Å². The Bertz CT molecular complexity index is 1760. The van der Waals surface area contributed by atoms with Crippen LogP contribution in [0, 0.1) is 13.8 Å². The summed E-state index contributed by atoms with van der Waals surface area (Å²) < 4.78 is 11.5. The van der Waals surface area contributed by atoms with Gasteiger partial charge in [0.05, 0.1) is 0 Å². The zero-order valence-corrected chi connectivity index (χ0v) is 23.8. The van der Waals surface area contributed by atoms with Crippen LogP contribution in [-0.2, 0) is 13.2 Å². The number of benzene rings is 1. The van der Waals surface area contributed by atoms with E-state index in [1.165, 1.54) is 0 Å². The molecule has 1 aromatic carbocycles. The van der Waals surface area contributed by atoms with Crippen molar-refractivity contribution in [3.05, 3.63) is 139 Å². The summed E-state index contributed by atoms with van der Waals surface area (Å²) in [6.07, 6.45) is 0. The zero-order valence-electron chi connectivity index (χ0n) is 23.8. The molecule has 5 rings (SSSR count). The third-order valence-corrected chi connectivity index (χ3v) is 6.80. The molecule has 5 aromatic rings.